The van der Waals surface area contributed by atoms with Gasteiger partial charge in [-0.1, -0.05) is 53.7 Å². The standard InChI is InChI=1S/C22H18N4O2/c27-21(17-10-5-2-6-11-17)24-19(14-16-8-3-1-4-9-16)22-25-20(26-28-22)18-12-7-13-23-15-18/h1-13,15,19H,14H2,(H,24,27). The molecule has 6 heteroatoms. The predicted molar refractivity (Wildman–Crippen MR) is 104 cm³/mol. The fraction of sp³-hybridized carbons (Fsp3) is 0.0909. The predicted octanol–water partition coefficient (Wildman–Crippen LogP) is 3.85. The van der Waals surface area contributed by atoms with E-state index in [4.69, 9.17) is 4.52 Å². The number of hydrogen-bond donors (Lipinski definition) is 1. The van der Waals surface area contributed by atoms with Crippen LogP contribution in [0.1, 0.15) is 27.9 Å². The number of amides is 1. The first kappa shape index (κ1) is 17.6. The molecule has 1 N–H and O–H groups in total. The Morgan fingerprint density at radius 1 is 0.964 bits per heavy atom. The van der Waals surface area contributed by atoms with E-state index in [9.17, 15) is 4.79 Å². The molecule has 6 nitrogen and oxygen atoms in total. The van der Waals surface area contributed by atoms with Crippen LogP contribution in [0.5, 0.6) is 0 Å². The van der Waals surface area contributed by atoms with Crippen molar-refractivity contribution in [2.24, 2.45) is 0 Å². The maximum absolute atomic E-state index is 12.7. The lowest BCUT2D eigenvalue weighted by molar-refractivity contribution is 0.0928. The third kappa shape index (κ3) is 4.12. The van der Waals surface area contributed by atoms with Crippen molar-refractivity contribution in [2.75, 3.05) is 0 Å². The summed E-state index contributed by atoms with van der Waals surface area (Å²) in [7, 11) is 0. The number of nitrogens with one attached hydrogen (secondary N) is 1. The molecule has 2 aromatic carbocycles. The Morgan fingerprint density at radius 2 is 1.71 bits per heavy atom. The molecule has 1 amide bonds. The SMILES string of the molecule is O=C(NC(Cc1ccccc1)c1nc(-c2cccnc2)no1)c1ccccc1. The molecule has 0 bridgehead atoms. The molecular formula is C22H18N4O2. The van der Waals surface area contributed by atoms with E-state index < -0.39 is 6.04 Å². The average Bonchev–Trinajstić information content (AvgIpc) is 3.25. The Bertz CT molecular complexity index is 1030. The van der Waals surface area contributed by atoms with Crippen molar-refractivity contribution in [3.05, 3.63) is 102 Å². The minimum Gasteiger partial charge on any atom is -0.340 e. The summed E-state index contributed by atoms with van der Waals surface area (Å²) in [6, 6.07) is 22.1. The van der Waals surface area contributed by atoms with Crippen LogP contribution in [-0.2, 0) is 6.42 Å². The number of carbonyl (C=O) groups excluding carboxylic acids is 1. The number of pyridine rings is 1. The summed E-state index contributed by atoms with van der Waals surface area (Å²) in [4.78, 5) is 21.3. The normalized spacial score (nSPS) is 11.7. The zero-order valence-electron chi connectivity index (χ0n) is 15.0. The lowest BCUT2D eigenvalue weighted by atomic mass is 10.1. The first-order chi connectivity index (χ1) is 13.8. The summed E-state index contributed by atoms with van der Waals surface area (Å²) < 4.78 is 5.49. The second-order valence-electron chi connectivity index (χ2n) is 6.28. The molecule has 138 valence electrons. The van der Waals surface area contributed by atoms with E-state index in [0.717, 1.165) is 11.1 Å². The summed E-state index contributed by atoms with van der Waals surface area (Å²) in [5.74, 6) is 0.602. The van der Waals surface area contributed by atoms with Crippen LogP contribution in [0.3, 0.4) is 0 Å². The molecule has 1 unspecified atom stereocenters. The highest BCUT2D eigenvalue weighted by atomic mass is 16.5. The lowest BCUT2D eigenvalue weighted by Gasteiger charge is -2.15. The number of rotatable bonds is 6. The van der Waals surface area contributed by atoms with E-state index in [1.165, 1.54) is 0 Å². The van der Waals surface area contributed by atoms with Gasteiger partial charge in [0.1, 0.15) is 6.04 Å². The first-order valence-electron chi connectivity index (χ1n) is 8.93. The van der Waals surface area contributed by atoms with E-state index in [0.29, 0.717) is 23.7 Å². The Morgan fingerprint density at radius 3 is 2.43 bits per heavy atom. The number of nitrogens with zero attached hydrogens (tertiary/aromatic N) is 3. The van der Waals surface area contributed by atoms with Crippen LogP contribution in [0.15, 0.2) is 89.7 Å². The Balaban J connectivity index is 1.61. The molecule has 2 aromatic heterocycles. The van der Waals surface area contributed by atoms with Crippen molar-refractivity contribution >= 4 is 5.91 Å². The Kier molecular flexibility index (Phi) is 5.20. The maximum atomic E-state index is 12.7. The summed E-state index contributed by atoms with van der Waals surface area (Å²) in [5.41, 5.74) is 2.39. The molecule has 4 rings (SSSR count). The van der Waals surface area contributed by atoms with E-state index in [1.54, 1.807) is 24.5 Å². The van der Waals surface area contributed by atoms with Gasteiger partial charge in [-0.05, 0) is 29.8 Å². The third-order valence-electron chi connectivity index (χ3n) is 4.28. The molecule has 0 saturated heterocycles. The van der Waals surface area contributed by atoms with Crippen molar-refractivity contribution in [3.8, 4) is 11.4 Å². The minimum atomic E-state index is -0.451. The van der Waals surface area contributed by atoms with Crippen LogP contribution in [0.4, 0.5) is 0 Å². The topological polar surface area (TPSA) is 80.9 Å². The van der Waals surface area contributed by atoms with Gasteiger partial charge in [0.15, 0.2) is 0 Å². The Labute approximate surface area is 162 Å². The van der Waals surface area contributed by atoms with Gasteiger partial charge in [0.2, 0.25) is 11.7 Å². The zero-order valence-corrected chi connectivity index (χ0v) is 15.0. The molecule has 4 aromatic rings. The smallest absolute Gasteiger partial charge is 0.251 e. The molecule has 0 aliphatic rings. The molecule has 0 saturated carbocycles. The van der Waals surface area contributed by atoms with E-state index >= 15 is 0 Å². The van der Waals surface area contributed by atoms with Gasteiger partial charge in [-0.3, -0.25) is 9.78 Å². The largest absolute Gasteiger partial charge is 0.340 e. The second kappa shape index (κ2) is 8.26. The average molecular weight is 370 g/mol. The summed E-state index contributed by atoms with van der Waals surface area (Å²) in [6.45, 7) is 0. The molecule has 2 heterocycles. The number of hydrogen-bond acceptors (Lipinski definition) is 5. The molecule has 0 radical (unpaired) electrons. The summed E-state index contributed by atoms with van der Waals surface area (Å²) >= 11 is 0. The molecular weight excluding hydrogens is 352 g/mol. The van der Waals surface area contributed by atoms with Gasteiger partial charge < -0.3 is 9.84 Å². The van der Waals surface area contributed by atoms with Crippen molar-refractivity contribution in [1.29, 1.82) is 0 Å². The summed E-state index contributed by atoms with van der Waals surface area (Å²) in [5, 5.41) is 7.06. The monoisotopic (exact) mass is 370 g/mol. The molecule has 28 heavy (non-hydrogen) atoms. The minimum absolute atomic E-state index is 0.192. The van der Waals surface area contributed by atoms with Crippen LogP contribution in [0, 0.1) is 0 Å². The maximum Gasteiger partial charge on any atom is 0.251 e. The first-order valence-corrected chi connectivity index (χ1v) is 8.93. The zero-order chi connectivity index (χ0) is 19.2. The van der Waals surface area contributed by atoms with Gasteiger partial charge in [0.05, 0.1) is 0 Å². The van der Waals surface area contributed by atoms with Crippen molar-refractivity contribution in [2.45, 2.75) is 12.5 Å². The number of benzene rings is 2. The number of carbonyl (C=O) groups is 1. The summed E-state index contributed by atoms with van der Waals surface area (Å²) in [6.07, 6.45) is 3.89. The molecule has 0 fully saturated rings. The number of aromatic nitrogens is 3. The van der Waals surface area contributed by atoms with Crippen molar-refractivity contribution in [3.63, 3.8) is 0 Å². The van der Waals surface area contributed by atoms with E-state index in [-0.39, 0.29) is 5.91 Å². The van der Waals surface area contributed by atoms with Gasteiger partial charge in [0, 0.05) is 29.9 Å². The second-order valence-corrected chi connectivity index (χ2v) is 6.28. The molecule has 0 aliphatic carbocycles. The molecule has 1 atom stereocenters. The quantitative estimate of drug-likeness (QED) is 0.558. The van der Waals surface area contributed by atoms with Crippen molar-refractivity contribution < 1.29 is 9.32 Å². The van der Waals surface area contributed by atoms with Crippen LogP contribution in [0.25, 0.3) is 11.4 Å². The highest BCUT2D eigenvalue weighted by Gasteiger charge is 2.23. The van der Waals surface area contributed by atoms with Crippen LogP contribution >= 0.6 is 0 Å². The van der Waals surface area contributed by atoms with Crippen LogP contribution in [-0.4, -0.2) is 21.0 Å². The third-order valence-corrected chi connectivity index (χ3v) is 4.28. The van der Waals surface area contributed by atoms with Gasteiger partial charge >= 0.3 is 0 Å². The fourth-order valence-electron chi connectivity index (χ4n) is 2.87. The van der Waals surface area contributed by atoms with E-state index in [1.807, 2.05) is 60.7 Å². The highest BCUT2D eigenvalue weighted by Crippen LogP contribution is 2.21. The van der Waals surface area contributed by atoms with Gasteiger partial charge in [-0.25, -0.2) is 0 Å². The molecule has 0 aliphatic heterocycles. The lowest BCUT2D eigenvalue weighted by Crippen LogP contribution is -2.30. The van der Waals surface area contributed by atoms with Gasteiger partial charge in [-0.15, -0.1) is 0 Å². The van der Waals surface area contributed by atoms with Crippen molar-refractivity contribution in [1.82, 2.24) is 20.4 Å². The van der Waals surface area contributed by atoms with E-state index in [2.05, 4.69) is 20.4 Å². The van der Waals surface area contributed by atoms with Gasteiger partial charge in [0.25, 0.3) is 5.91 Å². The van der Waals surface area contributed by atoms with Crippen LogP contribution < -0.4 is 5.32 Å². The van der Waals surface area contributed by atoms with Gasteiger partial charge in [-0.2, -0.15) is 4.98 Å². The Hall–Kier alpha value is -3.80. The molecule has 0 spiro atoms. The fourth-order valence-corrected chi connectivity index (χ4v) is 2.87. The highest BCUT2D eigenvalue weighted by molar-refractivity contribution is 5.94. The van der Waals surface area contributed by atoms with Crippen LogP contribution in [0.2, 0.25) is 0 Å².